The fourth-order valence-electron chi connectivity index (χ4n) is 1.37. The Hall–Kier alpha value is -0.170. The molecule has 0 aliphatic carbocycles. The third-order valence-corrected chi connectivity index (χ3v) is 4.58. The Morgan fingerprint density at radius 2 is 1.87 bits per heavy atom. The van der Waals surface area contributed by atoms with Crippen molar-refractivity contribution in [1.82, 2.24) is 4.31 Å². The molecule has 6 heteroatoms. The Morgan fingerprint density at radius 3 is 2.33 bits per heavy atom. The summed E-state index contributed by atoms with van der Waals surface area (Å²) in [5, 5.41) is 0. The number of nitrogens with zero attached hydrogens (tertiary/aromatic N) is 1. The van der Waals surface area contributed by atoms with Gasteiger partial charge in [0, 0.05) is 19.1 Å². The summed E-state index contributed by atoms with van der Waals surface area (Å²) in [6.45, 7) is 5.73. The topological polar surface area (TPSA) is 72.6 Å². The molecule has 90 valence electrons. The maximum Gasteiger partial charge on any atom is 0.215 e. The average Bonchev–Trinajstić information content (AvgIpc) is 2.18. The molecule has 0 aromatic heterocycles. The highest BCUT2D eigenvalue weighted by Crippen LogP contribution is 2.09. The summed E-state index contributed by atoms with van der Waals surface area (Å²) >= 11 is 0. The first-order valence-electron chi connectivity index (χ1n) is 5.24. The van der Waals surface area contributed by atoms with Gasteiger partial charge in [-0.05, 0) is 5.92 Å². The minimum absolute atomic E-state index is 0.0324. The van der Waals surface area contributed by atoms with Crippen molar-refractivity contribution in [3.63, 3.8) is 0 Å². The smallest absolute Gasteiger partial charge is 0.215 e. The molecular formula is C9H20N2O3S. The Bertz CT molecular complexity index is 284. The van der Waals surface area contributed by atoms with Crippen LogP contribution in [0.3, 0.4) is 0 Å². The van der Waals surface area contributed by atoms with Gasteiger partial charge in [0.05, 0.1) is 19.0 Å². The minimum atomic E-state index is -3.20. The molecule has 1 unspecified atom stereocenters. The molecule has 1 rings (SSSR count). The maximum absolute atomic E-state index is 11.9. The van der Waals surface area contributed by atoms with Gasteiger partial charge >= 0.3 is 0 Å². The quantitative estimate of drug-likeness (QED) is 0.723. The van der Waals surface area contributed by atoms with Gasteiger partial charge in [0.15, 0.2) is 0 Å². The lowest BCUT2D eigenvalue weighted by Crippen LogP contribution is -2.46. The molecule has 15 heavy (non-hydrogen) atoms. The number of hydrogen-bond acceptors (Lipinski definition) is 4. The highest BCUT2D eigenvalue weighted by atomic mass is 32.2. The molecule has 0 aromatic carbocycles. The number of morpholine rings is 1. The van der Waals surface area contributed by atoms with Crippen LogP contribution in [0, 0.1) is 5.92 Å². The van der Waals surface area contributed by atoms with E-state index in [0.717, 1.165) is 0 Å². The van der Waals surface area contributed by atoms with E-state index in [1.165, 1.54) is 4.31 Å². The standard InChI is InChI=1S/C9H20N2O3S/c1-8(2)9(10)7-15(12,13)11-3-5-14-6-4-11/h8-9H,3-7,10H2,1-2H3. The van der Waals surface area contributed by atoms with Crippen LogP contribution in [0.25, 0.3) is 0 Å². The van der Waals surface area contributed by atoms with Gasteiger partial charge in [0.2, 0.25) is 10.0 Å². The fraction of sp³-hybridized carbons (Fsp3) is 1.00. The average molecular weight is 236 g/mol. The van der Waals surface area contributed by atoms with E-state index in [1.54, 1.807) is 0 Å². The summed E-state index contributed by atoms with van der Waals surface area (Å²) < 4.78 is 30.4. The summed E-state index contributed by atoms with van der Waals surface area (Å²) in [4.78, 5) is 0. The van der Waals surface area contributed by atoms with Crippen molar-refractivity contribution in [3.05, 3.63) is 0 Å². The van der Waals surface area contributed by atoms with Crippen molar-refractivity contribution in [3.8, 4) is 0 Å². The molecule has 0 amide bonds. The molecule has 0 bridgehead atoms. The number of rotatable bonds is 4. The summed E-state index contributed by atoms with van der Waals surface area (Å²) in [7, 11) is -3.20. The minimum Gasteiger partial charge on any atom is -0.379 e. The first kappa shape index (κ1) is 12.9. The predicted molar refractivity (Wildman–Crippen MR) is 59.0 cm³/mol. The van der Waals surface area contributed by atoms with Crippen LogP contribution in [0.15, 0.2) is 0 Å². The Morgan fingerprint density at radius 1 is 1.33 bits per heavy atom. The lowest BCUT2D eigenvalue weighted by Gasteiger charge is -2.27. The second-order valence-corrected chi connectivity index (χ2v) is 6.21. The predicted octanol–water partition coefficient (Wildman–Crippen LogP) is -0.368. The molecule has 1 saturated heterocycles. The summed E-state index contributed by atoms with van der Waals surface area (Å²) in [5.41, 5.74) is 5.77. The fourth-order valence-corrected chi connectivity index (χ4v) is 3.15. The zero-order chi connectivity index (χ0) is 11.5. The largest absolute Gasteiger partial charge is 0.379 e. The zero-order valence-corrected chi connectivity index (χ0v) is 10.2. The van der Waals surface area contributed by atoms with E-state index >= 15 is 0 Å². The van der Waals surface area contributed by atoms with Gasteiger partial charge < -0.3 is 10.5 Å². The molecule has 1 atom stereocenters. The molecule has 1 aliphatic rings. The van der Waals surface area contributed by atoms with E-state index in [-0.39, 0.29) is 17.7 Å². The van der Waals surface area contributed by atoms with E-state index in [1.807, 2.05) is 13.8 Å². The van der Waals surface area contributed by atoms with Gasteiger partial charge in [0.25, 0.3) is 0 Å². The van der Waals surface area contributed by atoms with Crippen molar-refractivity contribution < 1.29 is 13.2 Å². The van der Waals surface area contributed by atoms with Crippen LogP contribution >= 0.6 is 0 Å². The molecule has 1 aliphatic heterocycles. The third kappa shape index (κ3) is 3.71. The van der Waals surface area contributed by atoms with Crippen molar-refractivity contribution in [1.29, 1.82) is 0 Å². The van der Waals surface area contributed by atoms with Crippen molar-refractivity contribution in [2.24, 2.45) is 11.7 Å². The maximum atomic E-state index is 11.9. The summed E-state index contributed by atoms with van der Waals surface area (Å²) in [6.07, 6.45) is 0. The van der Waals surface area contributed by atoms with Crippen LogP contribution in [-0.4, -0.2) is 50.8 Å². The lowest BCUT2D eigenvalue weighted by molar-refractivity contribution is 0.0729. The lowest BCUT2D eigenvalue weighted by atomic mass is 10.1. The van der Waals surface area contributed by atoms with Crippen molar-refractivity contribution in [2.45, 2.75) is 19.9 Å². The van der Waals surface area contributed by atoms with Gasteiger partial charge in [-0.1, -0.05) is 13.8 Å². The second kappa shape index (κ2) is 5.25. The molecule has 0 saturated carbocycles. The van der Waals surface area contributed by atoms with Gasteiger partial charge in [-0.25, -0.2) is 8.42 Å². The molecule has 0 aromatic rings. The van der Waals surface area contributed by atoms with Crippen LogP contribution in [0.5, 0.6) is 0 Å². The van der Waals surface area contributed by atoms with Gasteiger partial charge in [0.1, 0.15) is 0 Å². The third-order valence-electron chi connectivity index (χ3n) is 2.62. The molecule has 0 spiro atoms. The van der Waals surface area contributed by atoms with Crippen LogP contribution in [0.4, 0.5) is 0 Å². The number of nitrogens with two attached hydrogens (primary N) is 1. The normalized spacial score (nSPS) is 21.9. The van der Waals surface area contributed by atoms with E-state index in [4.69, 9.17) is 10.5 Å². The van der Waals surface area contributed by atoms with Crippen LogP contribution in [0.1, 0.15) is 13.8 Å². The molecule has 1 heterocycles. The van der Waals surface area contributed by atoms with Gasteiger partial charge in [-0.2, -0.15) is 4.31 Å². The Labute approximate surface area is 91.6 Å². The molecule has 5 nitrogen and oxygen atoms in total. The Balaban J connectivity index is 2.57. The van der Waals surface area contributed by atoms with E-state index < -0.39 is 10.0 Å². The molecule has 2 N–H and O–H groups in total. The summed E-state index contributed by atoms with van der Waals surface area (Å²) in [6, 6.07) is -0.294. The van der Waals surface area contributed by atoms with E-state index in [0.29, 0.717) is 26.3 Å². The first-order valence-corrected chi connectivity index (χ1v) is 6.85. The van der Waals surface area contributed by atoms with Crippen molar-refractivity contribution in [2.75, 3.05) is 32.1 Å². The highest BCUT2D eigenvalue weighted by molar-refractivity contribution is 7.89. The Kier molecular flexibility index (Phi) is 4.51. The van der Waals surface area contributed by atoms with Gasteiger partial charge in [-0.15, -0.1) is 0 Å². The SMILES string of the molecule is CC(C)C(N)CS(=O)(=O)N1CCOCC1. The number of ether oxygens (including phenoxy) is 1. The van der Waals surface area contributed by atoms with E-state index in [9.17, 15) is 8.42 Å². The van der Waals surface area contributed by atoms with Crippen LogP contribution in [-0.2, 0) is 14.8 Å². The second-order valence-electron chi connectivity index (χ2n) is 4.20. The molecular weight excluding hydrogens is 216 g/mol. The van der Waals surface area contributed by atoms with Crippen molar-refractivity contribution >= 4 is 10.0 Å². The highest BCUT2D eigenvalue weighted by Gasteiger charge is 2.27. The van der Waals surface area contributed by atoms with Gasteiger partial charge in [-0.3, -0.25) is 0 Å². The number of hydrogen-bond donors (Lipinski definition) is 1. The van der Waals surface area contributed by atoms with E-state index in [2.05, 4.69) is 0 Å². The summed E-state index contributed by atoms with van der Waals surface area (Å²) in [5.74, 6) is 0.214. The number of sulfonamides is 1. The zero-order valence-electron chi connectivity index (χ0n) is 9.35. The first-order chi connectivity index (χ1) is 6.93. The monoisotopic (exact) mass is 236 g/mol. The van der Waals surface area contributed by atoms with Crippen LogP contribution < -0.4 is 5.73 Å². The molecule has 0 radical (unpaired) electrons. The van der Waals surface area contributed by atoms with Crippen LogP contribution in [0.2, 0.25) is 0 Å². The molecule has 1 fully saturated rings.